The quantitative estimate of drug-likeness (QED) is 0.340. The fourth-order valence-corrected chi connectivity index (χ4v) is 3.97. The standard InChI is InChI=1S/C23H9FN4O/c24-16-7-1-4-15-19(16)17(12(10-25)11-26)20(23(15)29)18-13-5-2-8-27-21(13)22-14(18)6-3-9-28-22/h1-9H. The van der Waals surface area contributed by atoms with Gasteiger partial charge in [0.2, 0.25) is 0 Å². The van der Waals surface area contributed by atoms with Gasteiger partial charge in [-0.15, -0.1) is 0 Å². The van der Waals surface area contributed by atoms with Gasteiger partial charge < -0.3 is 0 Å². The predicted molar refractivity (Wildman–Crippen MR) is 102 cm³/mol. The Morgan fingerprint density at radius 1 is 0.828 bits per heavy atom. The van der Waals surface area contributed by atoms with Crippen LogP contribution in [0.25, 0.3) is 22.5 Å². The molecule has 0 unspecified atom stereocenters. The third-order valence-corrected chi connectivity index (χ3v) is 5.09. The van der Waals surface area contributed by atoms with Crippen LogP contribution in [0.5, 0.6) is 0 Å². The molecule has 6 heteroatoms. The molecule has 2 aliphatic carbocycles. The summed E-state index contributed by atoms with van der Waals surface area (Å²) in [5, 5.41) is 19.1. The number of aromatic nitrogens is 2. The van der Waals surface area contributed by atoms with E-state index < -0.39 is 11.6 Å². The van der Waals surface area contributed by atoms with Gasteiger partial charge in [0.25, 0.3) is 0 Å². The summed E-state index contributed by atoms with van der Waals surface area (Å²) >= 11 is 0. The third kappa shape index (κ3) is 2.14. The van der Waals surface area contributed by atoms with E-state index in [0.29, 0.717) is 28.1 Å². The highest BCUT2D eigenvalue weighted by Gasteiger charge is 2.40. The van der Waals surface area contributed by atoms with E-state index in [1.54, 1.807) is 36.7 Å². The topological polar surface area (TPSA) is 90.4 Å². The van der Waals surface area contributed by atoms with Crippen LogP contribution in [0.2, 0.25) is 0 Å². The molecule has 2 aromatic heterocycles. The highest BCUT2D eigenvalue weighted by Crippen LogP contribution is 2.50. The number of allylic oxidation sites excluding steroid dienone is 3. The lowest BCUT2D eigenvalue weighted by Gasteiger charge is -2.09. The third-order valence-electron chi connectivity index (χ3n) is 5.09. The number of rotatable bonds is 0. The largest absolute Gasteiger partial charge is 0.289 e. The normalized spacial score (nSPS) is 13.5. The Morgan fingerprint density at radius 2 is 1.41 bits per heavy atom. The van der Waals surface area contributed by atoms with Crippen LogP contribution in [-0.2, 0) is 0 Å². The highest BCUT2D eigenvalue weighted by molar-refractivity contribution is 6.33. The summed E-state index contributed by atoms with van der Waals surface area (Å²) in [7, 11) is 0. The molecule has 0 spiro atoms. The number of halogens is 1. The van der Waals surface area contributed by atoms with Crippen molar-refractivity contribution < 1.29 is 9.18 Å². The Morgan fingerprint density at radius 3 is 2.00 bits per heavy atom. The van der Waals surface area contributed by atoms with Crippen molar-refractivity contribution in [2.24, 2.45) is 0 Å². The molecule has 1 aromatic carbocycles. The molecule has 0 saturated heterocycles. The minimum atomic E-state index is -0.653. The van der Waals surface area contributed by atoms with Gasteiger partial charge in [-0.25, -0.2) is 4.39 Å². The summed E-state index contributed by atoms with van der Waals surface area (Å²) in [5.74, 6) is -1.08. The molecule has 0 aliphatic heterocycles. The van der Waals surface area contributed by atoms with Gasteiger partial charge in [0.05, 0.1) is 11.4 Å². The number of Topliss-reactive ketones (excluding diaryl/α,β-unsaturated/α-hetero) is 1. The first kappa shape index (κ1) is 16.7. The number of nitrogens with zero attached hydrogens (tertiary/aromatic N) is 4. The molecule has 3 aromatic rings. The fourth-order valence-electron chi connectivity index (χ4n) is 3.97. The Kier molecular flexibility index (Phi) is 3.49. The SMILES string of the molecule is N#CC(C#N)=C1C(=C2c3cccnc3-c3ncccc32)C(=O)c2cccc(F)c21. The number of carbonyl (C=O) groups is 1. The lowest BCUT2D eigenvalue weighted by molar-refractivity contribution is 0.104. The van der Waals surface area contributed by atoms with Gasteiger partial charge in [0.15, 0.2) is 5.78 Å². The molecule has 0 atom stereocenters. The second-order valence-electron chi connectivity index (χ2n) is 6.51. The van der Waals surface area contributed by atoms with Crippen molar-refractivity contribution in [1.29, 1.82) is 10.5 Å². The zero-order valence-corrected chi connectivity index (χ0v) is 14.8. The molecule has 0 radical (unpaired) electrons. The average molecular weight is 376 g/mol. The maximum Gasteiger partial charge on any atom is 0.195 e. The smallest absolute Gasteiger partial charge is 0.195 e. The van der Waals surface area contributed by atoms with Gasteiger partial charge in [-0.3, -0.25) is 14.8 Å². The number of carbonyl (C=O) groups excluding carboxylic acids is 1. The molecule has 134 valence electrons. The van der Waals surface area contributed by atoms with Crippen molar-refractivity contribution in [3.05, 3.63) is 94.1 Å². The summed E-state index contributed by atoms with van der Waals surface area (Å²) in [6.45, 7) is 0. The summed E-state index contributed by atoms with van der Waals surface area (Å²) < 4.78 is 14.7. The van der Waals surface area contributed by atoms with Gasteiger partial charge in [0.1, 0.15) is 23.5 Å². The van der Waals surface area contributed by atoms with E-state index in [-0.39, 0.29) is 27.8 Å². The second kappa shape index (κ2) is 6.05. The van der Waals surface area contributed by atoms with Crippen LogP contribution in [0.15, 0.2) is 66.0 Å². The molecule has 0 amide bonds. The number of hydrogen-bond acceptors (Lipinski definition) is 5. The molecule has 29 heavy (non-hydrogen) atoms. The maximum absolute atomic E-state index is 14.7. The number of hydrogen-bond donors (Lipinski definition) is 0. The number of fused-ring (bicyclic) bond motifs is 4. The van der Waals surface area contributed by atoms with Gasteiger partial charge in [-0.1, -0.05) is 24.3 Å². The fraction of sp³-hybridized carbons (Fsp3) is 0. The van der Waals surface area contributed by atoms with Crippen molar-refractivity contribution >= 4 is 16.9 Å². The van der Waals surface area contributed by atoms with Gasteiger partial charge in [-0.2, -0.15) is 10.5 Å². The Labute approximate surface area is 164 Å². The van der Waals surface area contributed by atoms with Crippen molar-refractivity contribution in [3.8, 4) is 23.5 Å². The summed E-state index contributed by atoms with van der Waals surface area (Å²) in [6, 6.07) is 14.9. The van der Waals surface area contributed by atoms with E-state index in [1.807, 2.05) is 12.1 Å². The summed E-state index contributed by atoms with van der Waals surface area (Å²) in [4.78, 5) is 22.2. The Balaban J connectivity index is 1.99. The zero-order chi connectivity index (χ0) is 20.1. The maximum atomic E-state index is 14.7. The first-order chi connectivity index (χ1) is 14.2. The van der Waals surface area contributed by atoms with E-state index in [9.17, 15) is 19.7 Å². The van der Waals surface area contributed by atoms with Crippen LogP contribution in [0.3, 0.4) is 0 Å². The van der Waals surface area contributed by atoms with Crippen molar-refractivity contribution in [3.63, 3.8) is 0 Å². The lowest BCUT2D eigenvalue weighted by atomic mass is 9.91. The van der Waals surface area contributed by atoms with Crippen LogP contribution < -0.4 is 0 Å². The molecule has 2 aliphatic rings. The molecule has 0 saturated carbocycles. The molecule has 5 nitrogen and oxygen atoms in total. The monoisotopic (exact) mass is 376 g/mol. The van der Waals surface area contributed by atoms with E-state index >= 15 is 0 Å². The minimum absolute atomic E-state index is 0.0131. The summed E-state index contributed by atoms with van der Waals surface area (Å²) in [5.41, 5.74) is 2.99. The number of benzene rings is 1. The first-order valence-corrected chi connectivity index (χ1v) is 8.71. The van der Waals surface area contributed by atoms with Crippen molar-refractivity contribution in [1.82, 2.24) is 9.97 Å². The molecule has 5 rings (SSSR count). The van der Waals surface area contributed by atoms with Crippen LogP contribution >= 0.6 is 0 Å². The first-order valence-electron chi connectivity index (χ1n) is 8.71. The van der Waals surface area contributed by atoms with Gasteiger partial charge in [-0.05, 0) is 18.2 Å². The highest BCUT2D eigenvalue weighted by atomic mass is 19.1. The van der Waals surface area contributed by atoms with Gasteiger partial charge >= 0.3 is 0 Å². The van der Waals surface area contributed by atoms with E-state index in [2.05, 4.69) is 9.97 Å². The molecule has 0 bridgehead atoms. The Bertz CT molecular complexity index is 1340. The summed E-state index contributed by atoms with van der Waals surface area (Å²) in [6.07, 6.45) is 3.26. The number of nitriles is 2. The molecule has 0 fully saturated rings. The molecule has 0 N–H and O–H groups in total. The van der Waals surface area contributed by atoms with Crippen molar-refractivity contribution in [2.45, 2.75) is 0 Å². The predicted octanol–water partition coefficient (Wildman–Crippen LogP) is 4.10. The number of pyridine rings is 2. The van der Waals surface area contributed by atoms with Crippen LogP contribution in [0.4, 0.5) is 4.39 Å². The molecule has 2 heterocycles. The zero-order valence-electron chi connectivity index (χ0n) is 14.8. The van der Waals surface area contributed by atoms with E-state index in [4.69, 9.17) is 0 Å². The lowest BCUT2D eigenvalue weighted by Crippen LogP contribution is -2.01. The van der Waals surface area contributed by atoms with Gasteiger partial charge in [0, 0.05) is 51.4 Å². The van der Waals surface area contributed by atoms with E-state index in [1.165, 1.54) is 18.2 Å². The van der Waals surface area contributed by atoms with E-state index in [0.717, 1.165) is 0 Å². The van der Waals surface area contributed by atoms with Crippen LogP contribution in [-0.4, -0.2) is 15.8 Å². The minimum Gasteiger partial charge on any atom is -0.289 e. The van der Waals surface area contributed by atoms with Crippen LogP contribution in [0, 0.1) is 28.5 Å². The molecular weight excluding hydrogens is 367 g/mol. The Hall–Kier alpha value is -4.42. The second-order valence-corrected chi connectivity index (χ2v) is 6.51. The van der Waals surface area contributed by atoms with Crippen molar-refractivity contribution in [2.75, 3.05) is 0 Å². The average Bonchev–Trinajstić information content (AvgIpc) is 3.23. The molecular formula is C23H9FN4O. The number of ketones is 1. The van der Waals surface area contributed by atoms with Crippen LogP contribution in [0.1, 0.15) is 27.0 Å².